The van der Waals surface area contributed by atoms with Gasteiger partial charge in [0.2, 0.25) is 0 Å². The van der Waals surface area contributed by atoms with Gasteiger partial charge in [0.1, 0.15) is 11.5 Å². The molecule has 0 unspecified atom stereocenters. The Morgan fingerprint density at radius 1 is 1.20 bits per heavy atom. The van der Waals surface area contributed by atoms with Crippen LogP contribution in [0.5, 0.6) is 11.5 Å². The Balaban J connectivity index is 3.10. The van der Waals surface area contributed by atoms with Crippen molar-refractivity contribution in [1.29, 1.82) is 0 Å². The molecule has 0 saturated carbocycles. The predicted octanol–water partition coefficient (Wildman–Crippen LogP) is 1.90. The molecular weight excluding hydrogens is 190 g/mol. The van der Waals surface area contributed by atoms with E-state index in [9.17, 15) is 0 Å². The highest BCUT2D eigenvalue weighted by molar-refractivity contribution is 5.46. The molecule has 0 aromatic heterocycles. The van der Waals surface area contributed by atoms with Gasteiger partial charge in [0.25, 0.3) is 0 Å². The second kappa shape index (κ2) is 5.03. The molecule has 1 aromatic carbocycles. The third-order valence-electron chi connectivity index (χ3n) is 2.34. The number of hydrogen-bond donors (Lipinski definition) is 1. The maximum Gasteiger partial charge on any atom is 0.122 e. The van der Waals surface area contributed by atoms with Crippen LogP contribution in [0.1, 0.15) is 18.1 Å². The van der Waals surface area contributed by atoms with Crippen molar-refractivity contribution < 1.29 is 9.47 Å². The summed E-state index contributed by atoms with van der Waals surface area (Å²) in [5, 5.41) is 0. The summed E-state index contributed by atoms with van der Waals surface area (Å²) in [4.78, 5) is 0. The molecule has 0 fully saturated rings. The third-order valence-corrected chi connectivity index (χ3v) is 2.34. The van der Waals surface area contributed by atoms with Crippen molar-refractivity contribution in [1.82, 2.24) is 0 Å². The van der Waals surface area contributed by atoms with E-state index in [4.69, 9.17) is 15.2 Å². The molecule has 84 valence electrons. The average molecular weight is 209 g/mol. The predicted molar refractivity (Wildman–Crippen MR) is 61.6 cm³/mol. The molecule has 3 nitrogen and oxygen atoms in total. The van der Waals surface area contributed by atoms with E-state index in [1.54, 1.807) is 14.2 Å². The number of ether oxygens (including phenoxy) is 2. The minimum Gasteiger partial charge on any atom is -0.496 e. The number of methoxy groups -OCH3 is 2. The van der Waals surface area contributed by atoms with Gasteiger partial charge in [-0.2, -0.15) is 0 Å². The molecule has 0 radical (unpaired) electrons. The highest BCUT2D eigenvalue weighted by atomic mass is 16.5. The molecule has 0 amide bonds. The molecule has 1 atom stereocenters. The molecule has 0 bridgehead atoms. The summed E-state index contributed by atoms with van der Waals surface area (Å²) >= 11 is 0. The van der Waals surface area contributed by atoms with Gasteiger partial charge in [-0.25, -0.2) is 0 Å². The van der Waals surface area contributed by atoms with Crippen LogP contribution >= 0.6 is 0 Å². The van der Waals surface area contributed by atoms with Crippen molar-refractivity contribution in [3.63, 3.8) is 0 Å². The van der Waals surface area contributed by atoms with Crippen molar-refractivity contribution in [3.05, 3.63) is 23.3 Å². The van der Waals surface area contributed by atoms with Crippen LogP contribution in [-0.4, -0.2) is 20.3 Å². The smallest absolute Gasteiger partial charge is 0.122 e. The van der Waals surface area contributed by atoms with E-state index in [2.05, 4.69) is 0 Å². The normalized spacial score (nSPS) is 12.3. The molecule has 2 N–H and O–H groups in total. The number of nitrogens with two attached hydrogens (primary N) is 1. The van der Waals surface area contributed by atoms with E-state index in [-0.39, 0.29) is 6.04 Å². The van der Waals surface area contributed by atoms with Crippen LogP contribution in [0.25, 0.3) is 0 Å². The lowest BCUT2D eigenvalue weighted by Crippen LogP contribution is -2.18. The summed E-state index contributed by atoms with van der Waals surface area (Å²) in [5.74, 6) is 1.76. The van der Waals surface area contributed by atoms with E-state index in [0.29, 0.717) is 0 Å². The van der Waals surface area contributed by atoms with Crippen LogP contribution in [-0.2, 0) is 6.42 Å². The fourth-order valence-corrected chi connectivity index (χ4v) is 1.62. The summed E-state index contributed by atoms with van der Waals surface area (Å²) in [6.07, 6.45) is 0.791. The lowest BCUT2D eigenvalue weighted by molar-refractivity contribution is 0.395. The van der Waals surface area contributed by atoms with Crippen LogP contribution in [0.2, 0.25) is 0 Å². The minimum atomic E-state index is 0.117. The second-order valence-electron chi connectivity index (χ2n) is 3.82. The number of benzene rings is 1. The van der Waals surface area contributed by atoms with Gasteiger partial charge in [-0.3, -0.25) is 0 Å². The largest absolute Gasteiger partial charge is 0.496 e. The fourth-order valence-electron chi connectivity index (χ4n) is 1.62. The fraction of sp³-hybridized carbons (Fsp3) is 0.500. The summed E-state index contributed by atoms with van der Waals surface area (Å²) in [6.45, 7) is 3.97. The first kappa shape index (κ1) is 11.9. The number of aryl methyl sites for hydroxylation is 1. The molecule has 0 saturated heterocycles. The van der Waals surface area contributed by atoms with E-state index in [0.717, 1.165) is 29.0 Å². The monoisotopic (exact) mass is 209 g/mol. The maximum atomic E-state index is 5.78. The van der Waals surface area contributed by atoms with Crippen molar-refractivity contribution in [3.8, 4) is 11.5 Å². The quantitative estimate of drug-likeness (QED) is 0.823. The highest BCUT2D eigenvalue weighted by Gasteiger charge is 2.09. The maximum absolute atomic E-state index is 5.78. The summed E-state index contributed by atoms with van der Waals surface area (Å²) < 4.78 is 10.6. The van der Waals surface area contributed by atoms with Crippen LogP contribution in [0.4, 0.5) is 0 Å². The Kier molecular flexibility index (Phi) is 3.97. The summed E-state index contributed by atoms with van der Waals surface area (Å²) in [5.41, 5.74) is 7.95. The van der Waals surface area contributed by atoms with Crippen LogP contribution < -0.4 is 15.2 Å². The highest BCUT2D eigenvalue weighted by Crippen LogP contribution is 2.28. The van der Waals surface area contributed by atoms with Crippen molar-refractivity contribution in [2.75, 3.05) is 14.2 Å². The van der Waals surface area contributed by atoms with Gasteiger partial charge in [-0.1, -0.05) is 0 Å². The lowest BCUT2D eigenvalue weighted by atomic mass is 10.0. The van der Waals surface area contributed by atoms with Gasteiger partial charge >= 0.3 is 0 Å². The zero-order valence-corrected chi connectivity index (χ0v) is 9.83. The van der Waals surface area contributed by atoms with E-state index in [1.807, 2.05) is 26.0 Å². The van der Waals surface area contributed by atoms with E-state index in [1.165, 1.54) is 0 Å². The molecular formula is C12H19NO2. The van der Waals surface area contributed by atoms with Gasteiger partial charge in [-0.15, -0.1) is 0 Å². The Labute approximate surface area is 91.2 Å². The average Bonchev–Trinajstić information content (AvgIpc) is 2.19. The topological polar surface area (TPSA) is 44.5 Å². The Hall–Kier alpha value is -1.22. The van der Waals surface area contributed by atoms with E-state index >= 15 is 0 Å². The second-order valence-corrected chi connectivity index (χ2v) is 3.82. The lowest BCUT2D eigenvalue weighted by Gasteiger charge is -2.14. The molecule has 0 aliphatic rings. The Morgan fingerprint density at radius 3 is 2.27 bits per heavy atom. The third kappa shape index (κ3) is 2.86. The van der Waals surface area contributed by atoms with Crippen LogP contribution in [0.3, 0.4) is 0 Å². The Bertz CT molecular complexity index is 335. The molecule has 15 heavy (non-hydrogen) atoms. The summed E-state index contributed by atoms with van der Waals surface area (Å²) in [6, 6.07) is 4.10. The first-order valence-electron chi connectivity index (χ1n) is 5.05. The van der Waals surface area contributed by atoms with Crippen molar-refractivity contribution in [2.45, 2.75) is 26.3 Å². The molecule has 0 heterocycles. The first-order chi connectivity index (χ1) is 7.08. The standard InChI is InChI=1S/C12H19NO2/c1-8-5-12(15-4)10(6-9(2)13)7-11(8)14-3/h5,7,9H,6,13H2,1-4H3/t9-/m0/s1. The molecule has 0 aliphatic carbocycles. The number of hydrogen-bond acceptors (Lipinski definition) is 3. The molecule has 0 aliphatic heterocycles. The minimum absolute atomic E-state index is 0.117. The van der Waals surface area contributed by atoms with Crippen molar-refractivity contribution >= 4 is 0 Å². The first-order valence-corrected chi connectivity index (χ1v) is 5.05. The molecule has 1 aromatic rings. The zero-order chi connectivity index (χ0) is 11.4. The van der Waals surface area contributed by atoms with Gasteiger partial charge in [0.15, 0.2) is 0 Å². The van der Waals surface area contributed by atoms with Crippen LogP contribution in [0.15, 0.2) is 12.1 Å². The van der Waals surface area contributed by atoms with Crippen molar-refractivity contribution in [2.24, 2.45) is 5.73 Å². The van der Waals surface area contributed by atoms with Crippen LogP contribution in [0, 0.1) is 6.92 Å². The van der Waals surface area contributed by atoms with E-state index < -0.39 is 0 Å². The van der Waals surface area contributed by atoms with Gasteiger partial charge in [-0.05, 0) is 43.5 Å². The molecule has 3 heteroatoms. The SMILES string of the molecule is COc1cc(C[C@H](C)N)c(OC)cc1C. The van der Waals surface area contributed by atoms with Gasteiger partial charge in [0, 0.05) is 6.04 Å². The zero-order valence-electron chi connectivity index (χ0n) is 9.83. The van der Waals surface area contributed by atoms with Gasteiger partial charge < -0.3 is 15.2 Å². The Morgan fingerprint density at radius 2 is 1.80 bits per heavy atom. The van der Waals surface area contributed by atoms with Gasteiger partial charge in [0.05, 0.1) is 14.2 Å². The summed E-state index contributed by atoms with van der Waals surface area (Å²) in [7, 11) is 3.34. The molecule has 0 spiro atoms. The number of rotatable bonds is 4. The molecule has 1 rings (SSSR count).